The zero-order valence-corrected chi connectivity index (χ0v) is 21.6. The third kappa shape index (κ3) is 6.68. The van der Waals surface area contributed by atoms with Gasteiger partial charge in [0.15, 0.2) is 0 Å². The summed E-state index contributed by atoms with van der Waals surface area (Å²) in [6.07, 6.45) is 2.93. The van der Waals surface area contributed by atoms with Crippen molar-refractivity contribution in [3.05, 3.63) is 60.1 Å². The Morgan fingerprint density at radius 3 is 2.54 bits per heavy atom. The minimum Gasteiger partial charge on any atom is -0.492 e. The molecule has 0 spiro atoms. The van der Waals surface area contributed by atoms with Crippen LogP contribution in [0.2, 0.25) is 0 Å². The van der Waals surface area contributed by atoms with Crippen LogP contribution in [0.1, 0.15) is 13.8 Å². The minimum absolute atomic E-state index is 0.484. The molecule has 0 saturated heterocycles. The van der Waals surface area contributed by atoms with Crippen LogP contribution < -0.4 is 14.8 Å². The smallest absolute Gasteiger partial charge is 0.229 e. The summed E-state index contributed by atoms with van der Waals surface area (Å²) < 4.78 is 32.5. The van der Waals surface area contributed by atoms with Crippen molar-refractivity contribution >= 4 is 48.9 Å². The summed E-state index contributed by atoms with van der Waals surface area (Å²) in [5.74, 6) is 1.31. The molecule has 2 heterocycles. The van der Waals surface area contributed by atoms with Crippen molar-refractivity contribution in [3.8, 4) is 16.9 Å². The Morgan fingerprint density at radius 1 is 1.06 bits per heavy atom. The largest absolute Gasteiger partial charge is 0.492 e. The zero-order chi connectivity index (χ0) is 24.8. The first-order chi connectivity index (χ1) is 16.8. The molecule has 35 heavy (non-hydrogen) atoms. The molecule has 4 rings (SSSR count). The normalized spacial score (nSPS) is 11.7. The first-order valence-corrected chi connectivity index (χ1v) is 14.2. The number of fused-ring (bicyclic) bond motifs is 1. The summed E-state index contributed by atoms with van der Waals surface area (Å²) in [5.41, 5.74) is 3.97. The number of likely N-dealkylation sites (N-methyl/N-ethyl adjacent to an activating group) is 1. The second kappa shape index (κ2) is 11.0. The summed E-state index contributed by atoms with van der Waals surface area (Å²) in [5, 5.41) is 5.26. The average molecular weight is 512 g/mol. The summed E-state index contributed by atoms with van der Waals surface area (Å²) in [4.78, 5) is 11.5. The number of hydrogen-bond acceptors (Lipinski definition) is 8. The predicted molar refractivity (Wildman–Crippen MR) is 144 cm³/mol. The predicted octanol–water partition coefficient (Wildman–Crippen LogP) is 5.19. The second-order valence-electron chi connectivity index (χ2n) is 8.04. The van der Waals surface area contributed by atoms with Crippen molar-refractivity contribution in [2.75, 3.05) is 42.5 Å². The van der Waals surface area contributed by atoms with Crippen LogP contribution in [0.3, 0.4) is 0 Å². The molecule has 0 radical (unpaired) electrons. The number of anilines is 3. The van der Waals surface area contributed by atoms with Crippen LogP contribution in [-0.4, -0.2) is 55.8 Å². The van der Waals surface area contributed by atoms with E-state index in [2.05, 4.69) is 33.8 Å². The van der Waals surface area contributed by atoms with Crippen LogP contribution in [-0.2, 0) is 10.0 Å². The highest BCUT2D eigenvalue weighted by Gasteiger charge is 2.12. The van der Waals surface area contributed by atoms with Crippen LogP contribution in [0.4, 0.5) is 17.3 Å². The molecule has 2 aromatic heterocycles. The Balaban J connectivity index is 1.48. The van der Waals surface area contributed by atoms with Gasteiger partial charge in [-0.1, -0.05) is 26.0 Å². The number of thiophene rings is 1. The molecular formula is C25H29N5O3S2. The van der Waals surface area contributed by atoms with Gasteiger partial charge >= 0.3 is 0 Å². The van der Waals surface area contributed by atoms with Gasteiger partial charge in [-0.25, -0.2) is 18.4 Å². The van der Waals surface area contributed by atoms with E-state index in [4.69, 9.17) is 9.72 Å². The van der Waals surface area contributed by atoms with E-state index in [1.165, 1.54) is 0 Å². The number of ether oxygens (including phenoxy) is 1. The van der Waals surface area contributed by atoms with Crippen molar-refractivity contribution in [2.45, 2.75) is 13.8 Å². The molecule has 0 atom stereocenters. The fourth-order valence-corrected chi connectivity index (χ4v) is 5.08. The van der Waals surface area contributed by atoms with E-state index in [9.17, 15) is 8.42 Å². The van der Waals surface area contributed by atoms with Crippen molar-refractivity contribution < 1.29 is 13.2 Å². The van der Waals surface area contributed by atoms with Gasteiger partial charge in [0, 0.05) is 28.9 Å². The van der Waals surface area contributed by atoms with E-state index < -0.39 is 10.0 Å². The molecule has 0 aliphatic carbocycles. The molecular weight excluding hydrogens is 482 g/mol. The molecule has 4 aromatic rings. The van der Waals surface area contributed by atoms with Gasteiger partial charge in [0.05, 0.1) is 22.7 Å². The number of sulfonamides is 1. The van der Waals surface area contributed by atoms with Crippen LogP contribution >= 0.6 is 11.3 Å². The lowest BCUT2D eigenvalue weighted by Gasteiger charge is -2.18. The maximum absolute atomic E-state index is 11.6. The van der Waals surface area contributed by atoms with E-state index >= 15 is 0 Å². The highest BCUT2D eigenvalue weighted by atomic mass is 32.2. The van der Waals surface area contributed by atoms with E-state index in [0.29, 0.717) is 18.2 Å². The lowest BCUT2D eigenvalue weighted by Crippen LogP contribution is -2.27. The van der Waals surface area contributed by atoms with Gasteiger partial charge in [-0.2, -0.15) is 0 Å². The lowest BCUT2D eigenvalue weighted by molar-refractivity contribution is 0.223. The third-order valence-corrected chi connectivity index (χ3v) is 6.98. The quantitative estimate of drug-likeness (QED) is 0.286. The summed E-state index contributed by atoms with van der Waals surface area (Å²) in [6.45, 7) is 7.88. The second-order valence-corrected chi connectivity index (χ2v) is 10.7. The number of nitrogens with zero attached hydrogens (tertiary/aromatic N) is 3. The van der Waals surface area contributed by atoms with Crippen molar-refractivity contribution in [3.63, 3.8) is 0 Å². The van der Waals surface area contributed by atoms with E-state index in [1.54, 1.807) is 29.7 Å². The van der Waals surface area contributed by atoms with Gasteiger partial charge in [0.2, 0.25) is 16.0 Å². The molecule has 0 amide bonds. The molecule has 0 bridgehead atoms. The minimum atomic E-state index is -3.36. The summed E-state index contributed by atoms with van der Waals surface area (Å²) >= 11 is 1.55. The third-order valence-electron chi connectivity index (χ3n) is 5.47. The molecule has 2 N–H and O–H groups in total. The van der Waals surface area contributed by atoms with Gasteiger partial charge in [-0.3, -0.25) is 4.72 Å². The number of benzene rings is 2. The van der Waals surface area contributed by atoms with Crippen LogP contribution in [0.15, 0.2) is 60.1 Å². The Kier molecular flexibility index (Phi) is 7.84. The summed E-state index contributed by atoms with van der Waals surface area (Å²) in [6, 6.07) is 15.0. The maximum Gasteiger partial charge on any atom is 0.229 e. The van der Waals surface area contributed by atoms with Crippen molar-refractivity contribution in [2.24, 2.45) is 0 Å². The molecule has 0 saturated carbocycles. The Bertz CT molecular complexity index is 1380. The van der Waals surface area contributed by atoms with Gasteiger partial charge in [-0.05, 0) is 55.1 Å². The Hall–Kier alpha value is -3.21. The van der Waals surface area contributed by atoms with E-state index in [0.717, 1.165) is 58.7 Å². The summed E-state index contributed by atoms with van der Waals surface area (Å²) in [7, 11) is -3.36. The van der Waals surface area contributed by atoms with Crippen LogP contribution in [0.25, 0.3) is 21.3 Å². The number of rotatable bonds is 11. The number of nitrogens with one attached hydrogen (secondary N) is 2. The molecule has 2 aromatic carbocycles. The highest BCUT2D eigenvalue weighted by Crippen LogP contribution is 2.34. The maximum atomic E-state index is 11.6. The first kappa shape index (κ1) is 24.9. The van der Waals surface area contributed by atoms with Crippen molar-refractivity contribution in [1.82, 2.24) is 14.9 Å². The molecule has 8 nitrogen and oxygen atoms in total. The molecule has 0 fully saturated rings. The van der Waals surface area contributed by atoms with Gasteiger partial charge in [0.1, 0.15) is 12.4 Å². The SMILES string of the molecule is CCN(CC)CCOc1ccc(Nc2ncc3scc(-c4cccc(NS(C)(=O)=O)c4)c3n2)cc1. The fraction of sp³-hybridized carbons (Fsp3) is 0.280. The zero-order valence-electron chi connectivity index (χ0n) is 20.0. The van der Waals surface area contributed by atoms with Crippen LogP contribution in [0.5, 0.6) is 5.75 Å². The Labute approximate surface area is 210 Å². The number of hydrogen-bond donors (Lipinski definition) is 2. The monoisotopic (exact) mass is 511 g/mol. The van der Waals surface area contributed by atoms with Crippen molar-refractivity contribution in [1.29, 1.82) is 0 Å². The van der Waals surface area contributed by atoms with Gasteiger partial charge in [-0.15, -0.1) is 11.3 Å². The average Bonchev–Trinajstić information content (AvgIpc) is 3.25. The molecule has 184 valence electrons. The van der Waals surface area contributed by atoms with Crippen LogP contribution in [0, 0.1) is 0 Å². The molecule has 0 aliphatic heterocycles. The first-order valence-electron chi connectivity index (χ1n) is 11.4. The highest BCUT2D eigenvalue weighted by molar-refractivity contribution is 7.92. The molecule has 0 aliphatic rings. The fourth-order valence-electron chi connectivity index (χ4n) is 3.65. The van der Waals surface area contributed by atoms with Gasteiger partial charge < -0.3 is 15.0 Å². The van der Waals surface area contributed by atoms with Gasteiger partial charge in [0.25, 0.3) is 0 Å². The van der Waals surface area contributed by atoms with E-state index in [-0.39, 0.29) is 0 Å². The lowest BCUT2D eigenvalue weighted by atomic mass is 10.1. The Morgan fingerprint density at radius 2 is 1.83 bits per heavy atom. The van der Waals surface area contributed by atoms with E-state index in [1.807, 2.05) is 41.8 Å². The molecule has 10 heteroatoms. The topological polar surface area (TPSA) is 96.5 Å². The standard InChI is InChI=1S/C25H29N5O3S2/c1-4-30(5-2)13-14-33-21-11-9-19(10-12-21)27-25-26-16-23-24(28-25)22(17-34-23)18-7-6-8-20(15-18)29-35(3,31)32/h6-12,15-17,29H,4-5,13-14H2,1-3H3,(H,26,27,28). The molecule has 0 unspecified atom stereocenters. The number of aromatic nitrogens is 2.